The Hall–Kier alpha value is -3.13. The number of ketones is 1. The zero-order valence-corrected chi connectivity index (χ0v) is 17.8. The smallest absolute Gasteiger partial charge is 0.348 e. The first kappa shape index (κ1) is 21.1. The zero-order valence-electron chi connectivity index (χ0n) is 16.9. The lowest BCUT2D eigenvalue weighted by atomic mass is 9.80. The standard InChI is InChI=1S/C23H22O7S/c1-2-27-22(25)14-5-7-15(8-6-14)29-19-13-28-18-12-16(9-10-17(18)21(19)24)30-23(26)20-4-3-11-31-20/h3-8,11,13,16-18H,2,9-10,12H2,1H3. The highest BCUT2D eigenvalue weighted by molar-refractivity contribution is 7.11. The molecule has 1 fully saturated rings. The van der Waals surface area contributed by atoms with E-state index in [9.17, 15) is 14.4 Å². The highest BCUT2D eigenvalue weighted by Crippen LogP contribution is 2.35. The van der Waals surface area contributed by atoms with Gasteiger partial charge in [0.2, 0.25) is 11.5 Å². The summed E-state index contributed by atoms with van der Waals surface area (Å²) in [5.41, 5.74) is 0.407. The molecule has 0 radical (unpaired) electrons. The van der Waals surface area contributed by atoms with Gasteiger partial charge in [-0.05, 0) is 55.5 Å². The monoisotopic (exact) mass is 442 g/mol. The van der Waals surface area contributed by atoms with E-state index in [1.807, 2.05) is 5.38 Å². The van der Waals surface area contributed by atoms with Gasteiger partial charge >= 0.3 is 11.9 Å². The van der Waals surface area contributed by atoms with Crippen molar-refractivity contribution in [2.75, 3.05) is 6.61 Å². The van der Waals surface area contributed by atoms with E-state index in [-0.39, 0.29) is 35.6 Å². The molecule has 2 heterocycles. The number of fused-ring (bicyclic) bond motifs is 1. The van der Waals surface area contributed by atoms with E-state index in [0.717, 1.165) is 0 Å². The zero-order chi connectivity index (χ0) is 21.8. The van der Waals surface area contributed by atoms with Crippen LogP contribution in [0.5, 0.6) is 5.75 Å². The Morgan fingerprint density at radius 2 is 1.94 bits per heavy atom. The molecule has 0 amide bonds. The maximum absolute atomic E-state index is 12.9. The molecule has 3 unspecified atom stereocenters. The molecule has 0 bridgehead atoms. The SMILES string of the molecule is CCOC(=O)c1ccc(OC2=COC3CC(OC(=O)c4cccs4)CCC3C2=O)cc1. The van der Waals surface area contributed by atoms with Gasteiger partial charge in [-0.15, -0.1) is 11.3 Å². The minimum Gasteiger partial charge on any atom is -0.493 e. The molecule has 1 aliphatic heterocycles. The molecule has 1 aliphatic carbocycles. The van der Waals surface area contributed by atoms with E-state index in [1.165, 1.54) is 17.6 Å². The third-order valence-electron chi connectivity index (χ3n) is 5.26. The third kappa shape index (κ3) is 4.80. The van der Waals surface area contributed by atoms with E-state index in [2.05, 4.69) is 0 Å². The Morgan fingerprint density at radius 3 is 2.65 bits per heavy atom. The maximum Gasteiger partial charge on any atom is 0.348 e. The summed E-state index contributed by atoms with van der Waals surface area (Å²) in [7, 11) is 0. The molecule has 0 saturated heterocycles. The Morgan fingerprint density at radius 1 is 1.13 bits per heavy atom. The lowest BCUT2D eigenvalue weighted by molar-refractivity contribution is -0.132. The lowest BCUT2D eigenvalue weighted by Gasteiger charge is -2.36. The van der Waals surface area contributed by atoms with Crippen LogP contribution in [-0.2, 0) is 19.0 Å². The van der Waals surface area contributed by atoms with Gasteiger partial charge in [0.1, 0.15) is 29.1 Å². The van der Waals surface area contributed by atoms with Crippen LogP contribution in [0.2, 0.25) is 0 Å². The van der Waals surface area contributed by atoms with Crippen molar-refractivity contribution in [3.8, 4) is 5.75 Å². The fraction of sp³-hybridized carbons (Fsp3) is 0.348. The molecule has 1 saturated carbocycles. The van der Waals surface area contributed by atoms with Crippen molar-refractivity contribution in [2.45, 2.75) is 38.4 Å². The van der Waals surface area contributed by atoms with Gasteiger partial charge in [0.25, 0.3) is 0 Å². The topological polar surface area (TPSA) is 88.1 Å². The molecule has 162 valence electrons. The molecule has 3 atom stereocenters. The van der Waals surface area contributed by atoms with Gasteiger partial charge in [0.15, 0.2) is 0 Å². The summed E-state index contributed by atoms with van der Waals surface area (Å²) in [6.45, 7) is 2.04. The molecule has 4 rings (SSSR count). The highest BCUT2D eigenvalue weighted by atomic mass is 32.1. The number of hydrogen-bond donors (Lipinski definition) is 0. The predicted octanol–water partition coefficient (Wildman–Crippen LogP) is 4.14. The van der Waals surface area contributed by atoms with Crippen molar-refractivity contribution in [3.05, 3.63) is 64.2 Å². The van der Waals surface area contributed by atoms with Gasteiger partial charge in [-0.1, -0.05) is 6.07 Å². The fourth-order valence-corrected chi connectivity index (χ4v) is 4.32. The van der Waals surface area contributed by atoms with Crippen LogP contribution < -0.4 is 4.74 Å². The molecular formula is C23H22O7S. The Labute approximate surface area is 183 Å². The summed E-state index contributed by atoms with van der Waals surface area (Å²) in [4.78, 5) is 37.4. The van der Waals surface area contributed by atoms with Crippen molar-refractivity contribution in [2.24, 2.45) is 5.92 Å². The van der Waals surface area contributed by atoms with Crippen LogP contribution in [0.3, 0.4) is 0 Å². The second kappa shape index (κ2) is 9.34. The Balaban J connectivity index is 1.36. The van der Waals surface area contributed by atoms with Gasteiger partial charge < -0.3 is 18.9 Å². The number of allylic oxidation sites excluding steroid dienone is 1. The molecule has 7 nitrogen and oxygen atoms in total. The van der Waals surface area contributed by atoms with Crippen molar-refractivity contribution in [1.82, 2.24) is 0 Å². The average molecular weight is 442 g/mol. The molecule has 0 N–H and O–H groups in total. The molecule has 2 aliphatic rings. The van der Waals surface area contributed by atoms with E-state index in [1.54, 1.807) is 43.3 Å². The largest absolute Gasteiger partial charge is 0.493 e. The van der Waals surface area contributed by atoms with Crippen LogP contribution in [-0.4, -0.2) is 36.5 Å². The average Bonchev–Trinajstić information content (AvgIpc) is 3.32. The quantitative estimate of drug-likeness (QED) is 0.621. The second-order valence-electron chi connectivity index (χ2n) is 7.29. The summed E-state index contributed by atoms with van der Waals surface area (Å²) < 4.78 is 22.0. The molecule has 31 heavy (non-hydrogen) atoms. The molecule has 1 aromatic carbocycles. The van der Waals surface area contributed by atoms with Gasteiger partial charge in [-0.2, -0.15) is 0 Å². The minimum atomic E-state index is -0.412. The fourth-order valence-electron chi connectivity index (χ4n) is 3.72. The molecular weight excluding hydrogens is 420 g/mol. The second-order valence-corrected chi connectivity index (χ2v) is 8.24. The molecule has 8 heteroatoms. The first-order valence-electron chi connectivity index (χ1n) is 10.1. The van der Waals surface area contributed by atoms with E-state index >= 15 is 0 Å². The highest BCUT2D eigenvalue weighted by Gasteiger charge is 2.42. The summed E-state index contributed by atoms with van der Waals surface area (Å²) >= 11 is 1.34. The summed E-state index contributed by atoms with van der Waals surface area (Å²) in [5.74, 6) is -0.673. The number of carbonyl (C=O) groups excluding carboxylic acids is 3. The number of carbonyl (C=O) groups is 3. The van der Waals surface area contributed by atoms with Gasteiger partial charge in [0.05, 0.1) is 18.1 Å². The number of esters is 2. The Kier molecular flexibility index (Phi) is 6.36. The third-order valence-corrected chi connectivity index (χ3v) is 6.11. The summed E-state index contributed by atoms with van der Waals surface area (Å²) in [6.07, 6.45) is 2.30. The van der Waals surface area contributed by atoms with Crippen LogP contribution in [0.25, 0.3) is 0 Å². The number of benzene rings is 1. The Bertz CT molecular complexity index is 978. The van der Waals surface area contributed by atoms with Crippen molar-refractivity contribution >= 4 is 29.1 Å². The van der Waals surface area contributed by atoms with Crippen molar-refractivity contribution in [1.29, 1.82) is 0 Å². The van der Waals surface area contributed by atoms with E-state index in [4.69, 9.17) is 18.9 Å². The number of thiophene rings is 1. The first-order valence-corrected chi connectivity index (χ1v) is 11.0. The van der Waals surface area contributed by atoms with Crippen LogP contribution in [0, 0.1) is 5.92 Å². The molecule has 1 aromatic heterocycles. The van der Waals surface area contributed by atoms with Gasteiger partial charge in [0, 0.05) is 6.42 Å². The number of Topliss-reactive ketones (excluding diaryl/α,β-unsaturated/α-hetero) is 1. The van der Waals surface area contributed by atoms with Crippen LogP contribution in [0.15, 0.2) is 53.8 Å². The van der Waals surface area contributed by atoms with Gasteiger partial charge in [-0.3, -0.25) is 4.79 Å². The number of ether oxygens (including phenoxy) is 4. The van der Waals surface area contributed by atoms with Crippen LogP contribution in [0.1, 0.15) is 46.2 Å². The predicted molar refractivity (Wildman–Crippen MR) is 112 cm³/mol. The maximum atomic E-state index is 12.9. The van der Waals surface area contributed by atoms with Crippen molar-refractivity contribution in [3.63, 3.8) is 0 Å². The van der Waals surface area contributed by atoms with Crippen molar-refractivity contribution < 1.29 is 33.3 Å². The van der Waals surface area contributed by atoms with Crippen LogP contribution in [0.4, 0.5) is 0 Å². The van der Waals surface area contributed by atoms with E-state index in [0.29, 0.717) is 42.1 Å². The van der Waals surface area contributed by atoms with Crippen LogP contribution >= 0.6 is 11.3 Å². The number of hydrogen-bond acceptors (Lipinski definition) is 8. The van der Waals surface area contributed by atoms with E-state index < -0.39 is 5.97 Å². The molecule has 2 aromatic rings. The summed E-state index contributed by atoms with van der Waals surface area (Å²) in [5, 5.41) is 1.83. The normalized spacial score (nSPS) is 22.5. The lowest BCUT2D eigenvalue weighted by Crippen LogP contribution is -2.43. The molecule has 0 spiro atoms. The van der Waals surface area contributed by atoms with Gasteiger partial charge in [-0.25, -0.2) is 9.59 Å². The number of rotatable bonds is 6. The summed E-state index contributed by atoms with van der Waals surface area (Å²) in [6, 6.07) is 9.90. The first-order chi connectivity index (χ1) is 15.0. The minimum absolute atomic E-state index is 0.124.